The maximum absolute atomic E-state index is 11.3. The number of hydrogen-bond donors (Lipinski definition) is 2. The van der Waals surface area contributed by atoms with Gasteiger partial charge in [0.05, 0.1) is 23.5 Å². The van der Waals surface area contributed by atoms with Crippen molar-refractivity contribution >= 4 is 11.9 Å². The van der Waals surface area contributed by atoms with Crippen molar-refractivity contribution in [2.24, 2.45) is 0 Å². The van der Waals surface area contributed by atoms with Crippen LogP contribution in [0.3, 0.4) is 0 Å². The van der Waals surface area contributed by atoms with Gasteiger partial charge >= 0.3 is 5.97 Å². The third-order valence-electron chi connectivity index (χ3n) is 3.38. The van der Waals surface area contributed by atoms with E-state index in [1.807, 2.05) is 13.8 Å². The first-order valence-electron chi connectivity index (χ1n) is 6.88. The van der Waals surface area contributed by atoms with E-state index in [1.165, 1.54) is 6.92 Å². The van der Waals surface area contributed by atoms with Crippen LogP contribution in [0.2, 0.25) is 0 Å². The van der Waals surface area contributed by atoms with E-state index in [1.54, 1.807) is 0 Å². The van der Waals surface area contributed by atoms with Gasteiger partial charge in [-0.25, -0.2) is 4.79 Å². The van der Waals surface area contributed by atoms with Gasteiger partial charge in [-0.2, -0.15) is 0 Å². The number of carboxylic acids is 1. The second-order valence-corrected chi connectivity index (χ2v) is 4.83. The van der Waals surface area contributed by atoms with Crippen LogP contribution in [0.5, 0.6) is 0 Å². The number of ether oxygens (including phenoxy) is 1. The largest absolute Gasteiger partial charge is 0.478 e. The lowest BCUT2D eigenvalue weighted by Gasteiger charge is -2.30. The molecule has 0 heterocycles. The summed E-state index contributed by atoms with van der Waals surface area (Å²) in [7, 11) is 0. The van der Waals surface area contributed by atoms with Gasteiger partial charge in [0.25, 0.3) is 0 Å². The number of aliphatic carboxylic acids is 1. The van der Waals surface area contributed by atoms with E-state index >= 15 is 0 Å². The Balaban J connectivity index is 2.96. The molecule has 5 heteroatoms. The molecule has 0 saturated heterocycles. The van der Waals surface area contributed by atoms with Crippen LogP contribution in [-0.4, -0.2) is 29.2 Å². The van der Waals surface area contributed by atoms with Crippen LogP contribution in [0.15, 0.2) is 11.3 Å². The van der Waals surface area contributed by atoms with Crippen LogP contribution in [-0.2, 0) is 14.3 Å². The molecular weight excluding hydrogens is 246 g/mol. The summed E-state index contributed by atoms with van der Waals surface area (Å²) in [5.41, 5.74) is 0.718. The monoisotopic (exact) mass is 269 g/mol. The molecule has 0 aromatic carbocycles. The van der Waals surface area contributed by atoms with Crippen molar-refractivity contribution in [2.45, 2.75) is 65.1 Å². The van der Waals surface area contributed by atoms with E-state index in [0.29, 0.717) is 12.1 Å². The number of carbonyl (C=O) groups excluding carboxylic acids is 1. The average Bonchev–Trinajstić information content (AvgIpc) is 2.36. The maximum atomic E-state index is 11.3. The van der Waals surface area contributed by atoms with E-state index in [2.05, 4.69) is 5.32 Å². The lowest BCUT2D eigenvalue weighted by molar-refractivity contribution is -0.133. The molecule has 19 heavy (non-hydrogen) atoms. The van der Waals surface area contributed by atoms with E-state index < -0.39 is 5.97 Å². The predicted molar refractivity (Wildman–Crippen MR) is 71.6 cm³/mol. The number of carboxylic acid groups (broad SMARTS) is 1. The third-order valence-corrected chi connectivity index (χ3v) is 3.38. The molecule has 1 unspecified atom stereocenters. The molecule has 1 rings (SSSR count). The molecule has 0 saturated carbocycles. The summed E-state index contributed by atoms with van der Waals surface area (Å²) in [6, 6.07) is 0. The Bertz CT molecular complexity index is 372. The molecule has 2 N–H and O–H groups in total. The fraction of sp³-hybridized carbons (Fsp3) is 0.714. The first kappa shape index (κ1) is 15.7. The number of amides is 1. The molecule has 0 bridgehead atoms. The Kier molecular flexibility index (Phi) is 6.02. The van der Waals surface area contributed by atoms with Gasteiger partial charge in [0.2, 0.25) is 5.91 Å². The SMILES string of the molecule is CCC(CC)OC1CCCC(C(=O)O)=C1NC(C)=O. The minimum absolute atomic E-state index is 0.0990. The van der Waals surface area contributed by atoms with E-state index in [9.17, 15) is 14.7 Å². The van der Waals surface area contributed by atoms with E-state index in [0.717, 1.165) is 25.7 Å². The van der Waals surface area contributed by atoms with Gasteiger partial charge in [-0.3, -0.25) is 4.79 Å². The normalized spacial score (nSPS) is 19.7. The molecule has 0 aromatic heterocycles. The molecule has 0 fully saturated rings. The first-order chi connectivity index (χ1) is 8.99. The van der Waals surface area contributed by atoms with Gasteiger partial charge in [-0.1, -0.05) is 13.8 Å². The van der Waals surface area contributed by atoms with Crippen LogP contribution in [0.4, 0.5) is 0 Å². The second-order valence-electron chi connectivity index (χ2n) is 4.83. The minimum Gasteiger partial charge on any atom is -0.478 e. The molecule has 5 nitrogen and oxygen atoms in total. The molecule has 1 aliphatic rings. The van der Waals surface area contributed by atoms with Gasteiger partial charge in [0.15, 0.2) is 0 Å². The van der Waals surface area contributed by atoms with Crippen molar-refractivity contribution in [3.8, 4) is 0 Å². The molecule has 0 aliphatic heterocycles. The van der Waals surface area contributed by atoms with E-state index in [-0.39, 0.29) is 23.7 Å². The summed E-state index contributed by atoms with van der Waals surface area (Å²) in [5, 5.41) is 11.9. The molecule has 1 amide bonds. The molecular formula is C14H23NO4. The summed E-state index contributed by atoms with van der Waals surface area (Å²) >= 11 is 0. The molecule has 1 atom stereocenters. The minimum atomic E-state index is -0.971. The van der Waals surface area contributed by atoms with E-state index in [4.69, 9.17) is 4.74 Å². The Morgan fingerprint density at radius 1 is 1.42 bits per heavy atom. The van der Waals surface area contributed by atoms with Crippen molar-refractivity contribution < 1.29 is 19.4 Å². The zero-order valence-electron chi connectivity index (χ0n) is 11.9. The summed E-state index contributed by atoms with van der Waals surface area (Å²) in [5.74, 6) is -1.23. The van der Waals surface area contributed by atoms with Gasteiger partial charge < -0.3 is 15.2 Å². The molecule has 0 spiro atoms. The van der Waals surface area contributed by atoms with Crippen LogP contribution in [0, 0.1) is 0 Å². The Morgan fingerprint density at radius 3 is 2.53 bits per heavy atom. The van der Waals surface area contributed by atoms with Gasteiger partial charge in [-0.05, 0) is 32.1 Å². The summed E-state index contributed by atoms with van der Waals surface area (Å²) in [6.45, 7) is 5.46. The Labute approximate surface area is 114 Å². The van der Waals surface area contributed by atoms with Crippen molar-refractivity contribution in [1.82, 2.24) is 5.32 Å². The maximum Gasteiger partial charge on any atom is 0.333 e. The second kappa shape index (κ2) is 7.28. The highest BCUT2D eigenvalue weighted by Crippen LogP contribution is 2.27. The molecule has 0 radical (unpaired) electrons. The molecule has 0 aromatic rings. The highest BCUT2D eigenvalue weighted by Gasteiger charge is 2.29. The Morgan fingerprint density at radius 2 is 2.05 bits per heavy atom. The van der Waals surface area contributed by atoms with Crippen LogP contribution in [0.25, 0.3) is 0 Å². The first-order valence-corrected chi connectivity index (χ1v) is 6.88. The zero-order chi connectivity index (χ0) is 14.4. The molecule has 108 valence electrons. The fourth-order valence-electron chi connectivity index (χ4n) is 2.35. The lowest BCUT2D eigenvalue weighted by Crippen LogP contribution is -2.37. The van der Waals surface area contributed by atoms with Crippen molar-refractivity contribution in [3.63, 3.8) is 0 Å². The predicted octanol–water partition coefficient (Wildman–Crippen LogP) is 2.22. The van der Waals surface area contributed by atoms with Crippen LogP contribution in [0.1, 0.15) is 52.9 Å². The number of nitrogens with one attached hydrogen (secondary N) is 1. The summed E-state index contributed by atoms with van der Waals surface area (Å²) in [6.07, 6.45) is 3.55. The number of hydrogen-bond acceptors (Lipinski definition) is 3. The highest BCUT2D eigenvalue weighted by molar-refractivity contribution is 5.89. The van der Waals surface area contributed by atoms with Crippen molar-refractivity contribution in [2.75, 3.05) is 0 Å². The quantitative estimate of drug-likeness (QED) is 0.775. The van der Waals surface area contributed by atoms with Crippen LogP contribution >= 0.6 is 0 Å². The lowest BCUT2D eigenvalue weighted by atomic mass is 9.93. The topological polar surface area (TPSA) is 75.6 Å². The number of carbonyl (C=O) groups is 2. The Hall–Kier alpha value is -1.36. The number of rotatable bonds is 6. The zero-order valence-corrected chi connectivity index (χ0v) is 11.9. The highest BCUT2D eigenvalue weighted by atomic mass is 16.5. The van der Waals surface area contributed by atoms with Crippen molar-refractivity contribution in [3.05, 3.63) is 11.3 Å². The standard InChI is InChI=1S/C14H23NO4/c1-4-10(5-2)19-12-8-6-7-11(14(17)18)13(12)15-9(3)16/h10,12H,4-8H2,1-3H3,(H,15,16)(H,17,18). The summed E-state index contributed by atoms with van der Waals surface area (Å²) in [4.78, 5) is 22.5. The average molecular weight is 269 g/mol. The van der Waals surface area contributed by atoms with Gasteiger partial charge in [-0.15, -0.1) is 0 Å². The van der Waals surface area contributed by atoms with Gasteiger partial charge in [0, 0.05) is 6.92 Å². The van der Waals surface area contributed by atoms with Crippen molar-refractivity contribution in [1.29, 1.82) is 0 Å². The van der Waals surface area contributed by atoms with Crippen LogP contribution < -0.4 is 5.32 Å². The third kappa shape index (κ3) is 4.35. The smallest absolute Gasteiger partial charge is 0.333 e. The van der Waals surface area contributed by atoms with Gasteiger partial charge in [0.1, 0.15) is 0 Å². The summed E-state index contributed by atoms with van der Waals surface area (Å²) < 4.78 is 5.95. The molecule has 1 aliphatic carbocycles. The fourth-order valence-corrected chi connectivity index (χ4v) is 2.35.